The molecule has 0 fully saturated rings. The summed E-state index contributed by atoms with van der Waals surface area (Å²) in [6.07, 6.45) is 0.800. The molecule has 1 heterocycles. The van der Waals surface area contributed by atoms with Gasteiger partial charge in [0.05, 0.1) is 11.3 Å². The molecule has 0 aliphatic rings. The standard InChI is InChI=1S/C21H22ClN3O2S/c1-2-27-12-6-11-23-19(26)14-28-21-17-13-16(22)9-10-18(17)24-20(25-21)15-7-4-3-5-8-15/h3-5,7-10,13H,2,6,11-12,14H2,1H3,(H,23,26). The fourth-order valence-electron chi connectivity index (χ4n) is 2.63. The number of fused-ring (bicyclic) bond motifs is 1. The van der Waals surface area contributed by atoms with Gasteiger partial charge in [0.2, 0.25) is 5.91 Å². The van der Waals surface area contributed by atoms with Gasteiger partial charge in [-0.25, -0.2) is 9.97 Å². The molecule has 5 nitrogen and oxygen atoms in total. The van der Waals surface area contributed by atoms with Crippen molar-refractivity contribution in [3.05, 3.63) is 53.6 Å². The van der Waals surface area contributed by atoms with Gasteiger partial charge in [0, 0.05) is 35.7 Å². The van der Waals surface area contributed by atoms with Crippen molar-refractivity contribution in [3.8, 4) is 11.4 Å². The van der Waals surface area contributed by atoms with Crippen molar-refractivity contribution in [2.24, 2.45) is 0 Å². The van der Waals surface area contributed by atoms with Crippen molar-refractivity contribution >= 4 is 40.2 Å². The third-order valence-corrected chi connectivity index (χ3v) is 5.21. The quantitative estimate of drug-likeness (QED) is 0.314. The molecule has 0 spiro atoms. The van der Waals surface area contributed by atoms with E-state index in [1.54, 1.807) is 0 Å². The maximum atomic E-state index is 12.2. The Kier molecular flexibility index (Phi) is 7.65. The van der Waals surface area contributed by atoms with Gasteiger partial charge < -0.3 is 10.1 Å². The SMILES string of the molecule is CCOCCCNC(=O)CSc1nc(-c2ccccc2)nc2ccc(Cl)cc12. The van der Waals surface area contributed by atoms with E-state index in [9.17, 15) is 4.79 Å². The number of aromatic nitrogens is 2. The number of nitrogens with zero attached hydrogens (tertiary/aromatic N) is 2. The van der Waals surface area contributed by atoms with Crippen molar-refractivity contribution in [2.75, 3.05) is 25.5 Å². The van der Waals surface area contributed by atoms with Gasteiger partial charge in [-0.05, 0) is 31.5 Å². The first-order chi connectivity index (χ1) is 13.7. The van der Waals surface area contributed by atoms with Crippen molar-refractivity contribution in [3.63, 3.8) is 0 Å². The molecular weight excluding hydrogens is 394 g/mol. The normalized spacial score (nSPS) is 10.9. The van der Waals surface area contributed by atoms with E-state index in [0.717, 1.165) is 27.9 Å². The summed E-state index contributed by atoms with van der Waals surface area (Å²) in [6.45, 7) is 3.90. The van der Waals surface area contributed by atoms with Crippen LogP contribution in [0.4, 0.5) is 0 Å². The molecule has 0 bridgehead atoms. The highest BCUT2D eigenvalue weighted by atomic mass is 35.5. The number of hydrogen-bond donors (Lipinski definition) is 1. The van der Waals surface area contributed by atoms with Crippen LogP contribution >= 0.6 is 23.4 Å². The molecule has 0 atom stereocenters. The molecule has 0 unspecified atom stereocenters. The van der Waals surface area contributed by atoms with Crippen LogP contribution in [0.3, 0.4) is 0 Å². The Bertz CT molecular complexity index is 938. The zero-order chi connectivity index (χ0) is 19.8. The second-order valence-corrected chi connectivity index (χ2v) is 7.47. The predicted octanol–water partition coefficient (Wildman–Crippen LogP) is 4.59. The molecule has 0 aliphatic heterocycles. The zero-order valence-corrected chi connectivity index (χ0v) is 17.2. The first-order valence-corrected chi connectivity index (χ1v) is 10.5. The van der Waals surface area contributed by atoms with Gasteiger partial charge in [-0.15, -0.1) is 0 Å². The summed E-state index contributed by atoms with van der Waals surface area (Å²) in [6, 6.07) is 15.3. The lowest BCUT2D eigenvalue weighted by Crippen LogP contribution is -2.26. The van der Waals surface area contributed by atoms with Gasteiger partial charge in [0.25, 0.3) is 0 Å². The molecule has 3 aromatic rings. The van der Waals surface area contributed by atoms with Crippen LogP contribution in [0.1, 0.15) is 13.3 Å². The van der Waals surface area contributed by atoms with E-state index in [0.29, 0.717) is 30.6 Å². The molecule has 0 saturated carbocycles. The molecule has 3 rings (SSSR count). The van der Waals surface area contributed by atoms with Gasteiger partial charge >= 0.3 is 0 Å². The maximum Gasteiger partial charge on any atom is 0.230 e. The molecular formula is C21H22ClN3O2S. The van der Waals surface area contributed by atoms with E-state index in [1.807, 2.05) is 55.5 Å². The largest absolute Gasteiger partial charge is 0.382 e. The van der Waals surface area contributed by atoms with Gasteiger partial charge in [-0.2, -0.15) is 0 Å². The highest BCUT2D eigenvalue weighted by Gasteiger charge is 2.12. The summed E-state index contributed by atoms with van der Waals surface area (Å²) >= 11 is 7.56. The second-order valence-electron chi connectivity index (χ2n) is 6.07. The van der Waals surface area contributed by atoms with Crippen LogP contribution in [0.2, 0.25) is 5.02 Å². The van der Waals surface area contributed by atoms with Gasteiger partial charge in [0.1, 0.15) is 5.03 Å². The average Bonchev–Trinajstić information content (AvgIpc) is 2.72. The van der Waals surface area contributed by atoms with Gasteiger partial charge in [0.15, 0.2) is 5.82 Å². The Morgan fingerprint density at radius 2 is 2.00 bits per heavy atom. The Morgan fingerprint density at radius 3 is 2.79 bits per heavy atom. The lowest BCUT2D eigenvalue weighted by molar-refractivity contribution is -0.118. The topological polar surface area (TPSA) is 64.1 Å². The predicted molar refractivity (Wildman–Crippen MR) is 115 cm³/mol. The monoisotopic (exact) mass is 415 g/mol. The molecule has 0 radical (unpaired) electrons. The number of halogens is 1. The number of hydrogen-bond acceptors (Lipinski definition) is 5. The fraction of sp³-hybridized carbons (Fsp3) is 0.286. The summed E-state index contributed by atoms with van der Waals surface area (Å²) in [5.41, 5.74) is 1.74. The first kappa shape index (κ1) is 20.6. The lowest BCUT2D eigenvalue weighted by Gasteiger charge is -2.09. The zero-order valence-electron chi connectivity index (χ0n) is 15.7. The number of carbonyl (C=O) groups excluding carboxylic acids is 1. The van der Waals surface area contributed by atoms with E-state index < -0.39 is 0 Å². The lowest BCUT2D eigenvalue weighted by atomic mass is 10.2. The van der Waals surface area contributed by atoms with Crippen LogP contribution in [-0.4, -0.2) is 41.4 Å². The van der Waals surface area contributed by atoms with Crippen molar-refractivity contribution in [1.29, 1.82) is 0 Å². The molecule has 1 aromatic heterocycles. The fourth-order valence-corrected chi connectivity index (χ4v) is 3.64. The summed E-state index contributed by atoms with van der Waals surface area (Å²) < 4.78 is 5.27. The van der Waals surface area contributed by atoms with E-state index in [1.165, 1.54) is 11.8 Å². The van der Waals surface area contributed by atoms with Crippen molar-refractivity contribution < 1.29 is 9.53 Å². The van der Waals surface area contributed by atoms with Crippen molar-refractivity contribution in [1.82, 2.24) is 15.3 Å². The summed E-state index contributed by atoms with van der Waals surface area (Å²) in [4.78, 5) is 21.5. The van der Waals surface area contributed by atoms with Crippen LogP contribution in [-0.2, 0) is 9.53 Å². The summed E-state index contributed by atoms with van der Waals surface area (Å²) in [5.74, 6) is 0.883. The molecule has 1 amide bonds. The molecule has 2 aromatic carbocycles. The minimum Gasteiger partial charge on any atom is -0.382 e. The van der Waals surface area contributed by atoms with Crippen LogP contribution in [0.5, 0.6) is 0 Å². The molecule has 1 N–H and O–H groups in total. The average molecular weight is 416 g/mol. The Balaban J connectivity index is 1.75. The van der Waals surface area contributed by atoms with Crippen LogP contribution in [0.15, 0.2) is 53.6 Å². The van der Waals surface area contributed by atoms with Crippen molar-refractivity contribution in [2.45, 2.75) is 18.4 Å². The molecule has 28 heavy (non-hydrogen) atoms. The maximum absolute atomic E-state index is 12.2. The van der Waals surface area contributed by atoms with Gasteiger partial charge in [-0.3, -0.25) is 4.79 Å². The van der Waals surface area contributed by atoms with E-state index >= 15 is 0 Å². The molecule has 0 saturated heterocycles. The first-order valence-electron chi connectivity index (χ1n) is 9.17. The smallest absolute Gasteiger partial charge is 0.230 e. The van der Waals surface area contributed by atoms with Crippen LogP contribution in [0.25, 0.3) is 22.3 Å². The number of thioether (sulfide) groups is 1. The minimum atomic E-state index is -0.0310. The number of carbonyl (C=O) groups is 1. The number of amides is 1. The van der Waals surface area contributed by atoms with Crippen LogP contribution in [0, 0.1) is 0 Å². The number of benzene rings is 2. The van der Waals surface area contributed by atoms with Crippen LogP contribution < -0.4 is 5.32 Å². The minimum absolute atomic E-state index is 0.0310. The van der Waals surface area contributed by atoms with E-state index in [4.69, 9.17) is 21.3 Å². The number of rotatable bonds is 9. The number of nitrogens with one attached hydrogen (secondary N) is 1. The molecule has 0 aliphatic carbocycles. The van der Waals surface area contributed by atoms with E-state index in [2.05, 4.69) is 10.3 Å². The summed E-state index contributed by atoms with van der Waals surface area (Å²) in [5, 5.41) is 5.12. The Morgan fingerprint density at radius 1 is 1.18 bits per heavy atom. The molecule has 7 heteroatoms. The Hall–Kier alpha value is -2.15. The molecule has 146 valence electrons. The second kappa shape index (κ2) is 10.4. The highest BCUT2D eigenvalue weighted by molar-refractivity contribution is 8.00. The highest BCUT2D eigenvalue weighted by Crippen LogP contribution is 2.30. The Labute approximate surface area is 173 Å². The van der Waals surface area contributed by atoms with Gasteiger partial charge in [-0.1, -0.05) is 53.7 Å². The summed E-state index contributed by atoms with van der Waals surface area (Å²) in [7, 11) is 0. The number of ether oxygens (including phenoxy) is 1. The third kappa shape index (κ3) is 5.67. The van der Waals surface area contributed by atoms with E-state index in [-0.39, 0.29) is 11.7 Å². The third-order valence-electron chi connectivity index (χ3n) is 3.99.